The van der Waals surface area contributed by atoms with Gasteiger partial charge in [-0.15, -0.1) is 0 Å². The normalized spacial score (nSPS) is 12.6. The van der Waals surface area contributed by atoms with Crippen LogP contribution in [0.3, 0.4) is 0 Å². The molecule has 6 nitrogen and oxygen atoms in total. The first-order valence-corrected chi connectivity index (χ1v) is 7.99. The second-order valence-electron chi connectivity index (χ2n) is 5.23. The predicted octanol–water partition coefficient (Wildman–Crippen LogP) is 1.34. The second kappa shape index (κ2) is 4.59. The van der Waals surface area contributed by atoms with Crippen molar-refractivity contribution in [2.24, 2.45) is 7.05 Å². The standard InChI is InChI=1S/C13H18N4O2S/c1-13(2,20(4,18)19)11-10(12(14)17(3)16-11)9-7-5-6-8-15-9/h5-8H,14H2,1-4H3. The van der Waals surface area contributed by atoms with Gasteiger partial charge >= 0.3 is 0 Å². The van der Waals surface area contributed by atoms with E-state index < -0.39 is 14.6 Å². The number of aryl methyl sites for hydroxylation is 1. The molecule has 20 heavy (non-hydrogen) atoms. The van der Waals surface area contributed by atoms with E-state index in [4.69, 9.17) is 5.73 Å². The summed E-state index contributed by atoms with van der Waals surface area (Å²) in [5.41, 5.74) is 7.64. The lowest BCUT2D eigenvalue weighted by Crippen LogP contribution is -2.29. The summed E-state index contributed by atoms with van der Waals surface area (Å²) in [6.45, 7) is 3.24. The van der Waals surface area contributed by atoms with E-state index in [1.807, 2.05) is 6.07 Å². The molecule has 0 unspecified atom stereocenters. The summed E-state index contributed by atoms with van der Waals surface area (Å²) in [6.07, 6.45) is 2.83. The van der Waals surface area contributed by atoms with Crippen LogP contribution in [-0.2, 0) is 21.6 Å². The number of anilines is 1. The van der Waals surface area contributed by atoms with Crippen molar-refractivity contribution in [2.75, 3.05) is 12.0 Å². The zero-order valence-electron chi connectivity index (χ0n) is 12.0. The molecule has 0 fully saturated rings. The highest BCUT2D eigenvalue weighted by atomic mass is 32.2. The Labute approximate surface area is 118 Å². The molecule has 0 saturated heterocycles. The maximum Gasteiger partial charge on any atom is 0.158 e. The van der Waals surface area contributed by atoms with Gasteiger partial charge in [0.15, 0.2) is 9.84 Å². The Bertz CT molecular complexity index is 733. The molecule has 0 aromatic carbocycles. The lowest BCUT2D eigenvalue weighted by atomic mass is 10.0. The molecule has 0 atom stereocenters. The minimum Gasteiger partial charge on any atom is -0.383 e. The molecule has 0 bridgehead atoms. The van der Waals surface area contributed by atoms with E-state index in [9.17, 15) is 8.42 Å². The first-order chi connectivity index (χ1) is 9.16. The zero-order chi connectivity index (χ0) is 15.1. The number of sulfone groups is 1. The largest absolute Gasteiger partial charge is 0.383 e. The third-order valence-corrected chi connectivity index (χ3v) is 5.56. The minimum absolute atomic E-state index is 0.399. The molecule has 0 radical (unpaired) electrons. The van der Waals surface area contributed by atoms with Crippen molar-refractivity contribution < 1.29 is 8.42 Å². The van der Waals surface area contributed by atoms with Crippen LogP contribution in [0.25, 0.3) is 11.3 Å². The molecule has 2 N–H and O–H groups in total. The predicted molar refractivity (Wildman–Crippen MR) is 78.7 cm³/mol. The van der Waals surface area contributed by atoms with Crippen molar-refractivity contribution in [2.45, 2.75) is 18.6 Å². The molecular weight excluding hydrogens is 276 g/mol. The van der Waals surface area contributed by atoms with Crippen molar-refractivity contribution >= 4 is 15.7 Å². The average molecular weight is 294 g/mol. The third kappa shape index (κ3) is 2.18. The van der Waals surface area contributed by atoms with Crippen molar-refractivity contribution in [3.8, 4) is 11.3 Å². The van der Waals surface area contributed by atoms with E-state index in [1.165, 1.54) is 10.9 Å². The fraction of sp³-hybridized carbons (Fsp3) is 0.385. The average Bonchev–Trinajstić information content (AvgIpc) is 2.66. The Morgan fingerprint density at radius 1 is 1.30 bits per heavy atom. The van der Waals surface area contributed by atoms with Gasteiger partial charge in [-0.05, 0) is 26.0 Å². The van der Waals surface area contributed by atoms with Gasteiger partial charge in [-0.2, -0.15) is 5.10 Å². The highest BCUT2D eigenvalue weighted by molar-refractivity contribution is 7.91. The summed E-state index contributed by atoms with van der Waals surface area (Å²) in [6, 6.07) is 5.40. The Kier molecular flexibility index (Phi) is 3.33. The van der Waals surface area contributed by atoms with Gasteiger partial charge in [0.2, 0.25) is 0 Å². The Hall–Kier alpha value is -1.89. The van der Waals surface area contributed by atoms with Crippen molar-refractivity contribution in [1.82, 2.24) is 14.8 Å². The highest BCUT2D eigenvalue weighted by Crippen LogP contribution is 2.38. The van der Waals surface area contributed by atoms with Crippen molar-refractivity contribution in [3.63, 3.8) is 0 Å². The summed E-state index contributed by atoms with van der Waals surface area (Å²) in [4.78, 5) is 4.25. The van der Waals surface area contributed by atoms with Gasteiger partial charge in [-0.1, -0.05) is 6.07 Å². The molecular formula is C13H18N4O2S. The third-order valence-electron chi connectivity index (χ3n) is 3.51. The Morgan fingerprint density at radius 2 is 1.95 bits per heavy atom. The fourth-order valence-electron chi connectivity index (χ4n) is 1.90. The van der Waals surface area contributed by atoms with E-state index in [2.05, 4.69) is 10.1 Å². The maximum absolute atomic E-state index is 12.0. The van der Waals surface area contributed by atoms with Crippen LogP contribution < -0.4 is 5.73 Å². The number of nitrogens with zero attached hydrogens (tertiary/aromatic N) is 3. The molecule has 0 aliphatic carbocycles. The van der Waals surface area contributed by atoms with Crippen LogP contribution in [0.15, 0.2) is 24.4 Å². The molecule has 0 amide bonds. The quantitative estimate of drug-likeness (QED) is 0.922. The van der Waals surface area contributed by atoms with E-state index in [0.717, 1.165) is 0 Å². The number of hydrogen-bond acceptors (Lipinski definition) is 5. The van der Waals surface area contributed by atoms with Crippen LogP contribution in [0.2, 0.25) is 0 Å². The van der Waals surface area contributed by atoms with Gasteiger partial charge in [0.05, 0.1) is 17.0 Å². The van der Waals surface area contributed by atoms with Crippen molar-refractivity contribution in [1.29, 1.82) is 0 Å². The number of hydrogen-bond donors (Lipinski definition) is 1. The van der Waals surface area contributed by atoms with E-state index in [0.29, 0.717) is 22.8 Å². The lowest BCUT2D eigenvalue weighted by Gasteiger charge is -2.21. The zero-order valence-corrected chi connectivity index (χ0v) is 12.8. The smallest absolute Gasteiger partial charge is 0.158 e. The monoisotopic (exact) mass is 294 g/mol. The fourth-order valence-corrected chi connectivity index (χ4v) is 2.39. The van der Waals surface area contributed by atoms with E-state index >= 15 is 0 Å². The summed E-state index contributed by atoms with van der Waals surface area (Å²) in [5, 5.41) is 4.30. The second-order valence-corrected chi connectivity index (χ2v) is 7.79. The molecule has 108 valence electrons. The van der Waals surface area contributed by atoms with Gasteiger partial charge in [0, 0.05) is 19.5 Å². The van der Waals surface area contributed by atoms with Gasteiger partial charge in [-0.25, -0.2) is 8.42 Å². The van der Waals surface area contributed by atoms with Crippen LogP contribution in [0.4, 0.5) is 5.82 Å². The van der Waals surface area contributed by atoms with Gasteiger partial charge in [-0.3, -0.25) is 9.67 Å². The highest BCUT2D eigenvalue weighted by Gasteiger charge is 2.38. The molecule has 7 heteroatoms. The summed E-state index contributed by atoms with van der Waals surface area (Å²) in [5.74, 6) is 0.399. The van der Waals surface area contributed by atoms with E-state index in [1.54, 1.807) is 39.2 Å². The SMILES string of the molecule is Cn1nc(C(C)(C)S(C)(=O)=O)c(-c2ccccn2)c1N. The molecule has 0 aliphatic heterocycles. The number of rotatable bonds is 3. The first-order valence-electron chi connectivity index (χ1n) is 6.10. The minimum atomic E-state index is -3.35. The Morgan fingerprint density at radius 3 is 2.45 bits per heavy atom. The van der Waals surface area contributed by atoms with E-state index in [-0.39, 0.29) is 0 Å². The summed E-state index contributed by atoms with van der Waals surface area (Å²) in [7, 11) is -1.66. The topological polar surface area (TPSA) is 90.9 Å². The summed E-state index contributed by atoms with van der Waals surface area (Å²) < 4.78 is 24.4. The molecule has 0 saturated carbocycles. The first kappa shape index (κ1) is 14.5. The van der Waals surface area contributed by atoms with Crippen LogP contribution in [-0.4, -0.2) is 29.4 Å². The summed E-state index contributed by atoms with van der Waals surface area (Å²) >= 11 is 0. The molecule has 2 aromatic rings. The van der Waals surface area contributed by atoms with Crippen LogP contribution in [0.1, 0.15) is 19.5 Å². The van der Waals surface area contributed by atoms with Crippen LogP contribution >= 0.6 is 0 Å². The number of aromatic nitrogens is 3. The van der Waals surface area contributed by atoms with Crippen LogP contribution in [0, 0.1) is 0 Å². The van der Waals surface area contributed by atoms with Gasteiger partial charge in [0.1, 0.15) is 10.6 Å². The maximum atomic E-state index is 12.0. The molecule has 0 spiro atoms. The molecule has 2 aromatic heterocycles. The van der Waals surface area contributed by atoms with Crippen LogP contribution in [0.5, 0.6) is 0 Å². The number of pyridine rings is 1. The van der Waals surface area contributed by atoms with Gasteiger partial charge in [0.25, 0.3) is 0 Å². The molecule has 0 aliphatic rings. The number of nitrogens with two attached hydrogens (primary N) is 1. The van der Waals surface area contributed by atoms with Gasteiger partial charge < -0.3 is 5.73 Å². The molecule has 2 heterocycles. The lowest BCUT2D eigenvalue weighted by molar-refractivity contribution is 0.553. The van der Waals surface area contributed by atoms with Crippen molar-refractivity contribution in [3.05, 3.63) is 30.1 Å². The molecule has 2 rings (SSSR count). The number of nitrogen functional groups attached to an aromatic ring is 1. The Balaban J connectivity index is 2.78.